The molecular formula is C36H62O3. The number of hydrogen-bond acceptors (Lipinski definition) is 3. The third kappa shape index (κ3) is 7.59. The van der Waals surface area contributed by atoms with Crippen molar-refractivity contribution in [3.05, 3.63) is 11.6 Å². The van der Waals surface area contributed by atoms with Gasteiger partial charge in [0.2, 0.25) is 0 Å². The highest BCUT2D eigenvalue weighted by Gasteiger charge is 2.58. The first-order valence-electron chi connectivity index (χ1n) is 17.1. The lowest BCUT2D eigenvalue weighted by atomic mass is 9.47. The largest absolute Gasteiger partial charge is 0.379 e. The third-order valence-electron chi connectivity index (χ3n) is 12.1. The Kier molecular flexibility index (Phi) is 11.6. The molecule has 0 amide bonds. The molecule has 0 aromatic carbocycles. The van der Waals surface area contributed by atoms with Crippen molar-refractivity contribution >= 4 is 5.78 Å². The van der Waals surface area contributed by atoms with Crippen LogP contribution in [0.1, 0.15) is 137 Å². The van der Waals surface area contributed by atoms with Gasteiger partial charge in [-0.1, -0.05) is 65.5 Å². The van der Waals surface area contributed by atoms with Gasteiger partial charge in [0.05, 0.1) is 13.2 Å². The molecule has 3 saturated carbocycles. The number of ether oxygens (including phenoxy) is 2. The molecule has 0 heterocycles. The van der Waals surface area contributed by atoms with Crippen LogP contribution in [0.3, 0.4) is 0 Å². The SMILES string of the molecule is CCCC(=O)COCCOCCCC1CCC2(C)C(=CCC3C2CCC2(C)C(CCCCC(C)C)CCC32)C1. The normalized spacial score (nSPS) is 35.8. The third-order valence-corrected chi connectivity index (χ3v) is 12.1. The molecule has 224 valence electrons. The number of Topliss-reactive ketones (excluding diaryl/α,β-unsaturated/α-hetero) is 1. The molecule has 3 nitrogen and oxygen atoms in total. The Bertz CT molecular complexity index is 801. The summed E-state index contributed by atoms with van der Waals surface area (Å²) < 4.78 is 11.3. The van der Waals surface area contributed by atoms with Crippen molar-refractivity contribution in [1.29, 1.82) is 0 Å². The number of allylic oxidation sites excluding steroid dienone is 2. The van der Waals surface area contributed by atoms with Gasteiger partial charge in [-0.15, -0.1) is 0 Å². The Morgan fingerprint density at radius 3 is 2.56 bits per heavy atom. The molecule has 0 N–H and O–H groups in total. The van der Waals surface area contributed by atoms with Crippen LogP contribution in [0.15, 0.2) is 11.6 Å². The molecule has 3 heteroatoms. The number of fused-ring (bicyclic) bond motifs is 5. The highest BCUT2D eigenvalue weighted by Crippen LogP contribution is 2.67. The second-order valence-corrected chi connectivity index (χ2v) is 15.0. The Morgan fingerprint density at radius 1 is 0.949 bits per heavy atom. The fourth-order valence-electron chi connectivity index (χ4n) is 9.74. The van der Waals surface area contributed by atoms with Crippen LogP contribution in [0.5, 0.6) is 0 Å². The van der Waals surface area contributed by atoms with Gasteiger partial charge in [0.15, 0.2) is 5.78 Å². The van der Waals surface area contributed by atoms with Crippen molar-refractivity contribution in [2.45, 2.75) is 137 Å². The van der Waals surface area contributed by atoms with Gasteiger partial charge in [-0.2, -0.15) is 0 Å². The number of unbranched alkanes of at least 4 members (excludes halogenated alkanes) is 1. The predicted octanol–water partition coefficient (Wildman–Crippen LogP) is 9.58. The first kappa shape index (κ1) is 31.3. The zero-order valence-electron chi connectivity index (χ0n) is 26.4. The Labute approximate surface area is 241 Å². The van der Waals surface area contributed by atoms with E-state index in [9.17, 15) is 4.79 Å². The highest BCUT2D eigenvalue weighted by atomic mass is 16.5. The monoisotopic (exact) mass is 542 g/mol. The lowest BCUT2D eigenvalue weighted by Crippen LogP contribution is -2.50. The van der Waals surface area contributed by atoms with Gasteiger partial charge in [-0.3, -0.25) is 4.79 Å². The molecule has 0 aromatic rings. The van der Waals surface area contributed by atoms with Crippen molar-refractivity contribution in [1.82, 2.24) is 0 Å². The molecule has 4 aliphatic rings. The number of carbonyl (C=O) groups is 1. The van der Waals surface area contributed by atoms with Gasteiger partial charge >= 0.3 is 0 Å². The van der Waals surface area contributed by atoms with E-state index in [-0.39, 0.29) is 12.4 Å². The van der Waals surface area contributed by atoms with Gasteiger partial charge in [-0.25, -0.2) is 0 Å². The minimum atomic E-state index is 0.201. The van der Waals surface area contributed by atoms with E-state index >= 15 is 0 Å². The molecule has 7 unspecified atom stereocenters. The molecule has 3 fully saturated rings. The van der Waals surface area contributed by atoms with E-state index in [2.05, 4.69) is 33.8 Å². The lowest BCUT2D eigenvalue weighted by Gasteiger charge is -2.58. The molecule has 0 aromatic heterocycles. The maximum atomic E-state index is 11.5. The van der Waals surface area contributed by atoms with Crippen LogP contribution in [0.4, 0.5) is 0 Å². The predicted molar refractivity (Wildman–Crippen MR) is 163 cm³/mol. The minimum Gasteiger partial charge on any atom is -0.379 e. The zero-order chi connectivity index (χ0) is 27.9. The van der Waals surface area contributed by atoms with Gasteiger partial charge in [-0.05, 0) is 123 Å². The maximum Gasteiger partial charge on any atom is 0.158 e. The molecule has 4 rings (SSSR count). The summed E-state index contributed by atoms with van der Waals surface area (Å²) in [6.45, 7) is 14.4. The number of rotatable bonds is 16. The summed E-state index contributed by atoms with van der Waals surface area (Å²) in [7, 11) is 0. The van der Waals surface area contributed by atoms with E-state index < -0.39 is 0 Å². The fraction of sp³-hybridized carbons (Fsp3) is 0.917. The first-order valence-corrected chi connectivity index (χ1v) is 17.1. The highest BCUT2D eigenvalue weighted by molar-refractivity contribution is 5.79. The van der Waals surface area contributed by atoms with Crippen LogP contribution in [-0.2, 0) is 14.3 Å². The number of ketones is 1. The van der Waals surface area contributed by atoms with Gasteiger partial charge in [0.1, 0.15) is 6.61 Å². The van der Waals surface area contributed by atoms with E-state index in [4.69, 9.17) is 9.47 Å². The minimum absolute atomic E-state index is 0.201. The summed E-state index contributed by atoms with van der Waals surface area (Å²) >= 11 is 0. The van der Waals surface area contributed by atoms with Crippen molar-refractivity contribution < 1.29 is 14.3 Å². The second-order valence-electron chi connectivity index (χ2n) is 15.0. The number of carbonyl (C=O) groups excluding carboxylic acids is 1. The van der Waals surface area contributed by atoms with Crippen molar-refractivity contribution in [2.75, 3.05) is 26.4 Å². The zero-order valence-corrected chi connectivity index (χ0v) is 26.4. The van der Waals surface area contributed by atoms with Crippen LogP contribution in [0, 0.1) is 46.3 Å². The van der Waals surface area contributed by atoms with Gasteiger partial charge in [0, 0.05) is 13.0 Å². The Morgan fingerprint density at radius 2 is 1.77 bits per heavy atom. The molecule has 4 aliphatic carbocycles. The van der Waals surface area contributed by atoms with Crippen LogP contribution in [0.25, 0.3) is 0 Å². The Hall–Kier alpha value is -0.670. The topological polar surface area (TPSA) is 35.5 Å². The molecule has 7 atom stereocenters. The molecule has 0 bridgehead atoms. The van der Waals surface area contributed by atoms with Crippen LogP contribution >= 0.6 is 0 Å². The summed E-state index contributed by atoms with van der Waals surface area (Å²) in [6.07, 6.45) is 24.0. The van der Waals surface area contributed by atoms with Crippen molar-refractivity contribution in [3.63, 3.8) is 0 Å². The summed E-state index contributed by atoms with van der Waals surface area (Å²) in [6, 6.07) is 0. The van der Waals surface area contributed by atoms with Crippen LogP contribution in [0.2, 0.25) is 0 Å². The molecule has 0 saturated heterocycles. The smallest absolute Gasteiger partial charge is 0.158 e. The molecular weight excluding hydrogens is 480 g/mol. The average Bonchev–Trinajstić information content (AvgIpc) is 3.24. The van der Waals surface area contributed by atoms with E-state index in [0.29, 0.717) is 30.5 Å². The van der Waals surface area contributed by atoms with E-state index in [0.717, 1.165) is 55.0 Å². The second kappa shape index (κ2) is 14.5. The molecule has 0 aliphatic heterocycles. The fourth-order valence-corrected chi connectivity index (χ4v) is 9.74. The first-order chi connectivity index (χ1) is 18.8. The van der Waals surface area contributed by atoms with Crippen LogP contribution < -0.4 is 0 Å². The summed E-state index contributed by atoms with van der Waals surface area (Å²) in [5.74, 6) is 5.74. The van der Waals surface area contributed by atoms with Crippen LogP contribution in [-0.4, -0.2) is 32.2 Å². The summed E-state index contributed by atoms with van der Waals surface area (Å²) in [5, 5.41) is 0. The molecule has 0 spiro atoms. The van der Waals surface area contributed by atoms with E-state index in [1.165, 1.54) is 83.5 Å². The maximum absolute atomic E-state index is 11.5. The van der Waals surface area contributed by atoms with E-state index in [1.807, 2.05) is 12.5 Å². The van der Waals surface area contributed by atoms with Crippen molar-refractivity contribution in [2.24, 2.45) is 46.3 Å². The van der Waals surface area contributed by atoms with Gasteiger partial charge < -0.3 is 9.47 Å². The quantitative estimate of drug-likeness (QED) is 0.144. The summed E-state index contributed by atoms with van der Waals surface area (Å²) in [4.78, 5) is 11.5. The molecule has 0 radical (unpaired) electrons. The van der Waals surface area contributed by atoms with Crippen molar-refractivity contribution in [3.8, 4) is 0 Å². The Balaban J connectivity index is 1.20. The number of hydrogen-bond donors (Lipinski definition) is 0. The van der Waals surface area contributed by atoms with E-state index in [1.54, 1.807) is 0 Å². The molecule has 39 heavy (non-hydrogen) atoms. The standard InChI is InChI=1S/C36H62O3/c1-6-10-31(37)26-39-24-23-38-22-9-12-28-18-20-36(5)30(25-28)14-16-32-33-17-15-29(13-8-7-11-27(2)3)35(33,4)21-19-34(32)36/h14,27-29,32-34H,6-13,15-26H2,1-5H3. The average molecular weight is 543 g/mol. The van der Waals surface area contributed by atoms with Gasteiger partial charge in [0.25, 0.3) is 0 Å². The lowest BCUT2D eigenvalue weighted by molar-refractivity contribution is -0.124. The summed E-state index contributed by atoms with van der Waals surface area (Å²) in [5.41, 5.74) is 2.92.